The highest BCUT2D eigenvalue weighted by molar-refractivity contribution is 7.99. The van der Waals surface area contributed by atoms with Gasteiger partial charge in [-0.3, -0.25) is 4.79 Å². The number of thioether (sulfide) groups is 1. The molecule has 2 heterocycles. The number of carboxylic acids is 1. The molecular formula is C17H16F3N3O3S. The Morgan fingerprint density at radius 2 is 2.11 bits per heavy atom. The molecule has 1 saturated heterocycles. The van der Waals surface area contributed by atoms with Gasteiger partial charge in [0.2, 0.25) is 0 Å². The summed E-state index contributed by atoms with van der Waals surface area (Å²) < 4.78 is 38.7. The Labute approximate surface area is 156 Å². The number of amides is 1. The van der Waals surface area contributed by atoms with Crippen molar-refractivity contribution in [3.63, 3.8) is 0 Å². The van der Waals surface area contributed by atoms with Gasteiger partial charge in [-0.1, -0.05) is 12.1 Å². The maximum Gasteiger partial charge on any atom is 0.416 e. The normalized spacial score (nSPS) is 19.9. The number of aromatic amines is 1. The summed E-state index contributed by atoms with van der Waals surface area (Å²) in [6.07, 6.45) is -4.20. The number of H-pyrrole nitrogens is 1. The molecule has 0 bridgehead atoms. The van der Waals surface area contributed by atoms with Crippen LogP contribution in [0.3, 0.4) is 0 Å². The topological polar surface area (TPSA) is 95.1 Å². The van der Waals surface area contributed by atoms with Crippen LogP contribution in [0.5, 0.6) is 0 Å². The number of hydrogen-bond acceptors (Lipinski definition) is 4. The second-order valence-electron chi connectivity index (χ2n) is 6.28. The van der Waals surface area contributed by atoms with Crippen LogP contribution in [0.2, 0.25) is 0 Å². The minimum atomic E-state index is -4.49. The van der Waals surface area contributed by atoms with Crippen LogP contribution >= 0.6 is 11.8 Å². The van der Waals surface area contributed by atoms with E-state index in [0.29, 0.717) is 17.9 Å². The number of imidazole rings is 1. The van der Waals surface area contributed by atoms with Gasteiger partial charge in [0.25, 0.3) is 5.91 Å². The fourth-order valence-corrected chi connectivity index (χ4v) is 4.15. The number of aromatic nitrogens is 2. The third-order valence-electron chi connectivity index (χ3n) is 4.35. The quantitative estimate of drug-likeness (QED) is 0.734. The van der Waals surface area contributed by atoms with Gasteiger partial charge in [0.15, 0.2) is 0 Å². The Bertz CT molecular complexity index is 889. The van der Waals surface area contributed by atoms with Gasteiger partial charge in [-0.2, -0.15) is 24.9 Å². The van der Waals surface area contributed by atoms with E-state index in [0.717, 1.165) is 12.1 Å². The van der Waals surface area contributed by atoms with Gasteiger partial charge in [0.1, 0.15) is 17.1 Å². The summed E-state index contributed by atoms with van der Waals surface area (Å²) in [7, 11) is 0. The number of carboxylic acid groups (broad SMARTS) is 1. The van der Waals surface area contributed by atoms with Gasteiger partial charge in [-0.15, -0.1) is 0 Å². The zero-order chi connectivity index (χ0) is 19.8. The summed E-state index contributed by atoms with van der Waals surface area (Å²) in [4.78, 5) is 31.0. The van der Waals surface area contributed by atoms with Crippen LogP contribution in [0.25, 0.3) is 11.4 Å². The molecule has 0 radical (unpaired) electrons. The molecule has 3 rings (SSSR count). The summed E-state index contributed by atoms with van der Waals surface area (Å²) in [5.74, 6) is -0.826. The zero-order valence-corrected chi connectivity index (χ0v) is 15.0. The van der Waals surface area contributed by atoms with Crippen LogP contribution < -0.4 is 5.32 Å². The molecular weight excluding hydrogens is 383 g/mol. The number of nitrogens with one attached hydrogen (secondary N) is 2. The van der Waals surface area contributed by atoms with Crippen molar-refractivity contribution in [3.8, 4) is 11.4 Å². The van der Waals surface area contributed by atoms with Crippen LogP contribution in [0.4, 0.5) is 13.2 Å². The first-order valence-electron chi connectivity index (χ1n) is 8.00. The second kappa shape index (κ2) is 6.91. The first-order chi connectivity index (χ1) is 12.6. The predicted molar refractivity (Wildman–Crippen MR) is 93.5 cm³/mol. The maximum atomic E-state index is 12.9. The van der Waals surface area contributed by atoms with E-state index in [2.05, 4.69) is 15.3 Å². The lowest BCUT2D eigenvalue weighted by atomic mass is 9.99. The number of aliphatic carboxylic acids is 1. The number of alkyl halides is 3. The van der Waals surface area contributed by atoms with Crippen molar-refractivity contribution in [3.05, 3.63) is 41.2 Å². The molecule has 0 spiro atoms. The molecule has 10 heteroatoms. The highest BCUT2D eigenvalue weighted by atomic mass is 32.2. The van der Waals surface area contributed by atoms with Crippen LogP contribution in [-0.4, -0.2) is 44.0 Å². The Kier molecular flexibility index (Phi) is 4.94. The van der Waals surface area contributed by atoms with Crippen molar-refractivity contribution in [2.24, 2.45) is 0 Å². The van der Waals surface area contributed by atoms with E-state index in [4.69, 9.17) is 0 Å². The molecule has 2 aromatic rings. The van der Waals surface area contributed by atoms with Crippen molar-refractivity contribution < 1.29 is 27.9 Å². The minimum Gasteiger partial charge on any atom is -0.479 e. The molecule has 0 aliphatic carbocycles. The highest BCUT2D eigenvalue weighted by Crippen LogP contribution is 2.32. The van der Waals surface area contributed by atoms with Crippen molar-refractivity contribution >= 4 is 23.6 Å². The minimum absolute atomic E-state index is 0.0417. The molecule has 1 atom stereocenters. The van der Waals surface area contributed by atoms with E-state index in [1.54, 1.807) is 6.92 Å². The smallest absolute Gasteiger partial charge is 0.416 e. The Morgan fingerprint density at radius 1 is 1.37 bits per heavy atom. The van der Waals surface area contributed by atoms with E-state index < -0.39 is 29.2 Å². The first-order valence-corrected chi connectivity index (χ1v) is 9.16. The summed E-state index contributed by atoms with van der Waals surface area (Å²) in [6.45, 7) is 1.55. The fourth-order valence-electron chi connectivity index (χ4n) is 2.82. The molecule has 1 aromatic heterocycles. The third-order valence-corrected chi connectivity index (χ3v) is 5.54. The zero-order valence-electron chi connectivity index (χ0n) is 14.2. The van der Waals surface area contributed by atoms with Crippen LogP contribution in [0.15, 0.2) is 24.3 Å². The van der Waals surface area contributed by atoms with E-state index in [1.807, 2.05) is 0 Å². The van der Waals surface area contributed by atoms with Gasteiger partial charge in [-0.05, 0) is 31.2 Å². The average Bonchev–Trinajstić information content (AvgIpc) is 3.22. The summed E-state index contributed by atoms with van der Waals surface area (Å²) >= 11 is 1.43. The van der Waals surface area contributed by atoms with Gasteiger partial charge < -0.3 is 15.4 Å². The number of aryl methyl sites for hydroxylation is 1. The summed E-state index contributed by atoms with van der Waals surface area (Å²) in [5.41, 5.74) is -1.71. The predicted octanol–water partition coefficient (Wildman–Crippen LogP) is 3.09. The number of nitrogens with zero attached hydrogens (tertiary/aromatic N) is 1. The van der Waals surface area contributed by atoms with Gasteiger partial charge in [0.05, 0.1) is 5.56 Å². The van der Waals surface area contributed by atoms with Crippen molar-refractivity contribution in [1.29, 1.82) is 0 Å². The number of rotatable bonds is 4. The van der Waals surface area contributed by atoms with Crippen LogP contribution in [0, 0.1) is 6.92 Å². The third kappa shape index (κ3) is 3.80. The van der Waals surface area contributed by atoms with Crippen molar-refractivity contribution in [1.82, 2.24) is 15.3 Å². The lowest BCUT2D eigenvalue weighted by Crippen LogP contribution is -2.54. The number of carbonyl (C=O) groups is 2. The van der Waals surface area contributed by atoms with Crippen LogP contribution in [-0.2, 0) is 11.0 Å². The molecule has 0 saturated carbocycles. The largest absolute Gasteiger partial charge is 0.479 e. The molecule has 1 aliphatic rings. The molecule has 144 valence electrons. The number of hydrogen-bond donors (Lipinski definition) is 3. The van der Waals surface area contributed by atoms with Crippen molar-refractivity contribution in [2.45, 2.75) is 25.1 Å². The average molecular weight is 399 g/mol. The second-order valence-corrected chi connectivity index (χ2v) is 7.39. The molecule has 1 aromatic carbocycles. The molecule has 1 amide bonds. The van der Waals surface area contributed by atoms with Gasteiger partial charge >= 0.3 is 12.1 Å². The molecule has 6 nitrogen and oxygen atoms in total. The van der Waals surface area contributed by atoms with E-state index in [-0.39, 0.29) is 22.8 Å². The van der Waals surface area contributed by atoms with Crippen molar-refractivity contribution in [2.75, 3.05) is 11.5 Å². The molecule has 1 unspecified atom stereocenters. The number of benzene rings is 1. The van der Waals surface area contributed by atoms with E-state index in [9.17, 15) is 27.9 Å². The molecule has 1 fully saturated rings. The van der Waals surface area contributed by atoms with Crippen LogP contribution in [0.1, 0.15) is 28.2 Å². The molecule has 27 heavy (non-hydrogen) atoms. The van der Waals surface area contributed by atoms with E-state index in [1.165, 1.54) is 23.9 Å². The Balaban J connectivity index is 1.89. The lowest BCUT2D eigenvalue weighted by molar-refractivity contribution is -0.143. The monoisotopic (exact) mass is 399 g/mol. The van der Waals surface area contributed by atoms with Gasteiger partial charge in [-0.25, -0.2) is 9.78 Å². The lowest BCUT2D eigenvalue weighted by Gasteiger charge is -2.24. The fraction of sp³-hybridized carbons (Fsp3) is 0.353. The summed E-state index contributed by atoms with van der Waals surface area (Å²) in [5, 5.41) is 12.0. The Morgan fingerprint density at radius 3 is 2.70 bits per heavy atom. The first kappa shape index (κ1) is 19.3. The standard InChI is InChI=1S/C17H16F3N3O3S/c1-9-12(14(24)23-16(15(25)26)5-6-27-8-16)22-13(21-9)10-3-2-4-11(7-10)17(18,19)20/h2-4,7H,5-6,8H2,1H3,(H,21,22)(H,23,24)(H,25,26). The van der Waals surface area contributed by atoms with Gasteiger partial charge in [0, 0.05) is 17.0 Å². The number of carbonyl (C=O) groups excluding carboxylic acids is 1. The highest BCUT2D eigenvalue weighted by Gasteiger charge is 2.44. The molecule has 3 N–H and O–H groups in total. The molecule has 1 aliphatic heterocycles. The number of halogens is 3. The SMILES string of the molecule is Cc1[nH]c(-c2cccc(C(F)(F)F)c2)nc1C(=O)NC1(C(=O)O)CCSC1. The Hall–Kier alpha value is -2.49. The summed E-state index contributed by atoms with van der Waals surface area (Å²) in [6, 6.07) is 4.58. The maximum absolute atomic E-state index is 12.9. The van der Waals surface area contributed by atoms with E-state index >= 15 is 0 Å².